The summed E-state index contributed by atoms with van der Waals surface area (Å²) < 4.78 is 2.76. The molecular weight excluding hydrogens is 290 g/mol. The van der Waals surface area contributed by atoms with Gasteiger partial charge in [0.05, 0.1) is 16.7 Å². The molecular formula is C14H18BrN3. The Bertz CT molecular complexity index is 538. The number of hydrogen-bond donors (Lipinski definition) is 1. The molecule has 4 heteroatoms. The Balaban J connectivity index is 2.36. The molecule has 0 spiro atoms. The molecule has 0 amide bonds. The SMILES string of the molecule is CC(C)(C)c1nn(Cc2ccccc2)c(N)c1Br. The number of nitrogen functional groups attached to an aromatic ring is 1. The van der Waals surface area contributed by atoms with Crippen molar-refractivity contribution >= 4 is 21.7 Å². The summed E-state index contributed by atoms with van der Waals surface area (Å²) in [4.78, 5) is 0. The van der Waals surface area contributed by atoms with Crippen LogP contribution in [0.1, 0.15) is 32.0 Å². The highest BCUT2D eigenvalue weighted by Gasteiger charge is 2.24. The first-order valence-corrected chi connectivity index (χ1v) is 6.75. The van der Waals surface area contributed by atoms with E-state index in [2.05, 4.69) is 53.9 Å². The molecule has 1 heterocycles. The molecule has 0 aliphatic rings. The van der Waals surface area contributed by atoms with Crippen LogP contribution >= 0.6 is 15.9 Å². The molecule has 1 aromatic carbocycles. The average Bonchev–Trinajstić information content (AvgIpc) is 2.58. The summed E-state index contributed by atoms with van der Waals surface area (Å²) in [5, 5.41) is 4.62. The largest absolute Gasteiger partial charge is 0.383 e. The molecule has 18 heavy (non-hydrogen) atoms. The topological polar surface area (TPSA) is 43.8 Å². The van der Waals surface area contributed by atoms with Gasteiger partial charge in [-0.2, -0.15) is 5.10 Å². The minimum absolute atomic E-state index is 0.0190. The zero-order chi connectivity index (χ0) is 13.3. The lowest BCUT2D eigenvalue weighted by atomic mass is 9.92. The molecule has 2 N–H and O–H groups in total. The van der Waals surface area contributed by atoms with Crippen molar-refractivity contribution in [3.05, 3.63) is 46.1 Å². The predicted molar refractivity (Wildman–Crippen MR) is 78.6 cm³/mol. The summed E-state index contributed by atoms with van der Waals surface area (Å²) in [5.74, 6) is 0.684. The highest BCUT2D eigenvalue weighted by atomic mass is 79.9. The van der Waals surface area contributed by atoms with Crippen molar-refractivity contribution in [3.63, 3.8) is 0 Å². The van der Waals surface area contributed by atoms with Gasteiger partial charge in [0.25, 0.3) is 0 Å². The van der Waals surface area contributed by atoms with E-state index in [-0.39, 0.29) is 5.41 Å². The minimum atomic E-state index is -0.0190. The molecule has 1 aromatic heterocycles. The van der Waals surface area contributed by atoms with Crippen molar-refractivity contribution in [1.29, 1.82) is 0 Å². The van der Waals surface area contributed by atoms with E-state index in [4.69, 9.17) is 5.73 Å². The van der Waals surface area contributed by atoms with E-state index in [1.165, 1.54) is 5.56 Å². The number of rotatable bonds is 2. The molecule has 0 fully saturated rings. The lowest BCUT2D eigenvalue weighted by Crippen LogP contribution is -2.13. The Kier molecular flexibility index (Phi) is 3.48. The second kappa shape index (κ2) is 4.76. The first-order chi connectivity index (χ1) is 8.39. The van der Waals surface area contributed by atoms with Gasteiger partial charge in [-0.3, -0.25) is 0 Å². The molecule has 0 radical (unpaired) electrons. The molecule has 0 bridgehead atoms. The summed E-state index contributed by atoms with van der Waals surface area (Å²) in [6, 6.07) is 10.2. The first-order valence-electron chi connectivity index (χ1n) is 5.96. The molecule has 2 rings (SSSR count). The van der Waals surface area contributed by atoms with Gasteiger partial charge in [0.15, 0.2) is 0 Å². The Morgan fingerprint density at radius 2 is 1.83 bits per heavy atom. The van der Waals surface area contributed by atoms with Crippen LogP contribution in [-0.2, 0) is 12.0 Å². The van der Waals surface area contributed by atoms with E-state index in [1.54, 1.807) is 0 Å². The molecule has 2 aromatic rings. The molecule has 96 valence electrons. The maximum absolute atomic E-state index is 6.10. The quantitative estimate of drug-likeness (QED) is 0.921. The smallest absolute Gasteiger partial charge is 0.136 e. The number of benzene rings is 1. The molecule has 0 saturated carbocycles. The number of nitrogens with zero attached hydrogens (tertiary/aromatic N) is 2. The third kappa shape index (κ3) is 2.58. The van der Waals surface area contributed by atoms with E-state index in [0.29, 0.717) is 12.4 Å². The van der Waals surface area contributed by atoms with Crippen molar-refractivity contribution in [3.8, 4) is 0 Å². The molecule has 0 aliphatic carbocycles. The number of hydrogen-bond acceptors (Lipinski definition) is 2. The molecule has 0 atom stereocenters. The van der Waals surface area contributed by atoms with Crippen LogP contribution in [-0.4, -0.2) is 9.78 Å². The van der Waals surface area contributed by atoms with Crippen LogP contribution in [0, 0.1) is 0 Å². The van der Waals surface area contributed by atoms with Crippen LogP contribution in [0.15, 0.2) is 34.8 Å². The monoisotopic (exact) mass is 307 g/mol. The number of nitrogens with two attached hydrogens (primary N) is 1. The number of anilines is 1. The zero-order valence-corrected chi connectivity index (χ0v) is 12.5. The highest BCUT2D eigenvalue weighted by Crippen LogP contribution is 2.33. The Morgan fingerprint density at radius 3 is 2.33 bits per heavy atom. The maximum Gasteiger partial charge on any atom is 0.136 e. The Hall–Kier alpha value is -1.29. The third-order valence-electron chi connectivity index (χ3n) is 2.82. The van der Waals surface area contributed by atoms with Gasteiger partial charge < -0.3 is 5.73 Å². The third-order valence-corrected chi connectivity index (χ3v) is 3.60. The second-order valence-electron chi connectivity index (χ2n) is 5.44. The minimum Gasteiger partial charge on any atom is -0.383 e. The summed E-state index contributed by atoms with van der Waals surface area (Å²) in [7, 11) is 0. The van der Waals surface area contributed by atoms with Crippen molar-refractivity contribution in [2.24, 2.45) is 0 Å². The first kappa shape index (κ1) is 13.1. The van der Waals surface area contributed by atoms with Crippen molar-refractivity contribution in [1.82, 2.24) is 9.78 Å². The van der Waals surface area contributed by atoms with Gasteiger partial charge >= 0.3 is 0 Å². The summed E-state index contributed by atoms with van der Waals surface area (Å²) in [6.07, 6.45) is 0. The van der Waals surface area contributed by atoms with Crippen molar-refractivity contribution < 1.29 is 0 Å². The summed E-state index contributed by atoms with van der Waals surface area (Å²) in [6.45, 7) is 7.09. The number of aromatic nitrogens is 2. The van der Waals surface area contributed by atoms with Crippen LogP contribution < -0.4 is 5.73 Å². The number of halogens is 1. The van der Waals surface area contributed by atoms with Gasteiger partial charge in [-0.1, -0.05) is 51.1 Å². The van der Waals surface area contributed by atoms with Crippen LogP contribution in [0.2, 0.25) is 0 Å². The van der Waals surface area contributed by atoms with Gasteiger partial charge in [-0.15, -0.1) is 0 Å². The standard InChI is InChI=1S/C14H18BrN3/c1-14(2,3)12-11(15)13(16)18(17-12)9-10-7-5-4-6-8-10/h4-8H,9,16H2,1-3H3. The zero-order valence-electron chi connectivity index (χ0n) is 10.9. The van der Waals surface area contributed by atoms with Crippen molar-refractivity contribution in [2.75, 3.05) is 5.73 Å². The van der Waals surface area contributed by atoms with Crippen LogP contribution in [0.3, 0.4) is 0 Å². The van der Waals surface area contributed by atoms with E-state index in [0.717, 1.165) is 10.2 Å². The fraction of sp³-hybridized carbons (Fsp3) is 0.357. The fourth-order valence-electron chi connectivity index (χ4n) is 1.81. The van der Waals surface area contributed by atoms with Gasteiger partial charge in [-0.05, 0) is 21.5 Å². The van der Waals surface area contributed by atoms with Gasteiger partial charge in [0.2, 0.25) is 0 Å². The van der Waals surface area contributed by atoms with Crippen LogP contribution in [0.5, 0.6) is 0 Å². The lowest BCUT2D eigenvalue weighted by molar-refractivity contribution is 0.544. The van der Waals surface area contributed by atoms with Crippen LogP contribution in [0.4, 0.5) is 5.82 Å². The maximum atomic E-state index is 6.10. The van der Waals surface area contributed by atoms with Gasteiger partial charge in [-0.25, -0.2) is 4.68 Å². The van der Waals surface area contributed by atoms with E-state index in [1.807, 2.05) is 22.9 Å². The summed E-state index contributed by atoms with van der Waals surface area (Å²) in [5.41, 5.74) is 8.27. The van der Waals surface area contributed by atoms with E-state index < -0.39 is 0 Å². The fourth-order valence-corrected chi connectivity index (χ4v) is 2.69. The van der Waals surface area contributed by atoms with Gasteiger partial charge in [0, 0.05) is 5.41 Å². The molecule has 0 saturated heterocycles. The van der Waals surface area contributed by atoms with Gasteiger partial charge in [0.1, 0.15) is 5.82 Å². The average molecular weight is 308 g/mol. The molecule has 0 unspecified atom stereocenters. The molecule has 3 nitrogen and oxygen atoms in total. The van der Waals surface area contributed by atoms with Crippen molar-refractivity contribution in [2.45, 2.75) is 32.7 Å². The second-order valence-corrected chi connectivity index (χ2v) is 6.23. The summed E-state index contributed by atoms with van der Waals surface area (Å²) >= 11 is 3.54. The highest BCUT2D eigenvalue weighted by molar-refractivity contribution is 9.10. The van der Waals surface area contributed by atoms with Crippen LogP contribution in [0.25, 0.3) is 0 Å². The van der Waals surface area contributed by atoms with E-state index >= 15 is 0 Å². The predicted octanol–water partition coefficient (Wildman–Crippen LogP) is 3.57. The van der Waals surface area contributed by atoms with E-state index in [9.17, 15) is 0 Å². The Morgan fingerprint density at radius 1 is 1.22 bits per heavy atom. The molecule has 0 aliphatic heterocycles. The Labute approximate surface area is 116 Å². The lowest BCUT2D eigenvalue weighted by Gasteiger charge is -2.15. The normalized spacial score (nSPS) is 11.8.